The molecule has 0 saturated carbocycles. The monoisotopic (exact) mass is 512 g/mol. The molecule has 0 aliphatic carbocycles. The average molecular weight is 513 g/mol. The molecule has 6 rings (SSSR count). The van der Waals surface area contributed by atoms with Crippen molar-refractivity contribution in [3.63, 3.8) is 0 Å². The minimum Gasteiger partial charge on any atom is -0.422 e. The van der Waals surface area contributed by atoms with E-state index in [9.17, 15) is 9.59 Å². The maximum absolute atomic E-state index is 12.9. The molecule has 3 heterocycles. The summed E-state index contributed by atoms with van der Waals surface area (Å²) in [6.07, 6.45) is 0. The summed E-state index contributed by atoms with van der Waals surface area (Å²) in [6.45, 7) is 9.03. The predicted molar refractivity (Wildman–Crippen MR) is 150 cm³/mol. The molecule has 188 valence electrons. The SMILES string of the molecule is Cc1cc(C)c2sc(N3CCN(CCNC(=O)c4cc5c(ccc6ccccc65)oc4=O)CC3)nc2c1. The van der Waals surface area contributed by atoms with Gasteiger partial charge in [0.25, 0.3) is 5.91 Å². The lowest BCUT2D eigenvalue weighted by molar-refractivity contribution is 0.0944. The number of thiazole rings is 1. The summed E-state index contributed by atoms with van der Waals surface area (Å²) >= 11 is 1.76. The largest absolute Gasteiger partial charge is 0.422 e. The van der Waals surface area contributed by atoms with E-state index in [0.29, 0.717) is 12.1 Å². The minimum atomic E-state index is -0.616. The van der Waals surface area contributed by atoms with Crippen LogP contribution in [0.1, 0.15) is 21.5 Å². The van der Waals surface area contributed by atoms with Crippen molar-refractivity contribution in [2.75, 3.05) is 44.2 Å². The molecule has 0 radical (unpaired) electrons. The van der Waals surface area contributed by atoms with Gasteiger partial charge in [-0.25, -0.2) is 9.78 Å². The Morgan fingerprint density at radius 2 is 1.84 bits per heavy atom. The fourth-order valence-electron chi connectivity index (χ4n) is 5.12. The molecule has 8 heteroatoms. The van der Waals surface area contributed by atoms with Gasteiger partial charge in [-0.05, 0) is 53.9 Å². The molecular formula is C29H28N4O3S. The number of hydrogen-bond acceptors (Lipinski definition) is 7. The topological polar surface area (TPSA) is 78.7 Å². The minimum absolute atomic E-state index is 0.0371. The first-order chi connectivity index (χ1) is 18.0. The number of carbonyl (C=O) groups is 1. The van der Waals surface area contributed by atoms with Crippen molar-refractivity contribution in [1.29, 1.82) is 0 Å². The van der Waals surface area contributed by atoms with Crippen molar-refractivity contribution in [2.45, 2.75) is 13.8 Å². The first-order valence-electron chi connectivity index (χ1n) is 12.6. The van der Waals surface area contributed by atoms with Crippen LogP contribution in [-0.2, 0) is 0 Å². The molecule has 5 aromatic rings. The average Bonchev–Trinajstić information content (AvgIpc) is 3.33. The lowest BCUT2D eigenvalue weighted by Crippen LogP contribution is -2.48. The summed E-state index contributed by atoms with van der Waals surface area (Å²) in [7, 11) is 0. The zero-order valence-electron chi connectivity index (χ0n) is 20.9. The number of amides is 1. The molecule has 1 N–H and O–H groups in total. The van der Waals surface area contributed by atoms with E-state index in [1.807, 2.05) is 30.3 Å². The second-order valence-electron chi connectivity index (χ2n) is 9.66. The van der Waals surface area contributed by atoms with E-state index in [1.54, 1.807) is 23.5 Å². The standard InChI is InChI=1S/C29H28N4O3S/c1-18-15-19(2)26-24(16-18)31-29(37-26)33-13-11-32(12-14-33)10-9-30-27(34)23-17-22-21-6-4-3-5-20(21)7-8-25(22)36-28(23)35/h3-8,15-17H,9-14H2,1-2H3,(H,30,34). The van der Waals surface area contributed by atoms with Crippen molar-refractivity contribution in [1.82, 2.24) is 15.2 Å². The van der Waals surface area contributed by atoms with Crippen molar-refractivity contribution < 1.29 is 9.21 Å². The number of nitrogens with one attached hydrogen (secondary N) is 1. The van der Waals surface area contributed by atoms with Crippen LogP contribution in [0.4, 0.5) is 5.13 Å². The predicted octanol–water partition coefficient (Wildman–Crippen LogP) is 4.72. The van der Waals surface area contributed by atoms with Gasteiger partial charge in [0.2, 0.25) is 0 Å². The van der Waals surface area contributed by atoms with Gasteiger partial charge < -0.3 is 14.6 Å². The van der Waals surface area contributed by atoms with Crippen molar-refractivity contribution in [3.8, 4) is 0 Å². The van der Waals surface area contributed by atoms with E-state index in [1.165, 1.54) is 15.8 Å². The third-order valence-electron chi connectivity index (χ3n) is 7.05. The molecule has 0 unspecified atom stereocenters. The number of fused-ring (bicyclic) bond motifs is 4. The Bertz CT molecular complexity index is 1700. The van der Waals surface area contributed by atoms with E-state index < -0.39 is 11.5 Å². The molecule has 0 spiro atoms. The van der Waals surface area contributed by atoms with Crippen molar-refractivity contribution >= 4 is 54.3 Å². The first kappa shape index (κ1) is 23.6. The number of carbonyl (C=O) groups excluding carboxylic acids is 1. The number of anilines is 1. The van der Waals surface area contributed by atoms with Crippen LogP contribution in [0.3, 0.4) is 0 Å². The van der Waals surface area contributed by atoms with Gasteiger partial charge in [-0.15, -0.1) is 0 Å². The highest BCUT2D eigenvalue weighted by molar-refractivity contribution is 7.22. The molecule has 1 amide bonds. The molecule has 2 aromatic heterocycles. The summed E-state index contributed by atoms with van der Waals surface area (Å²) < 4.78 is 6.73. The molecule has 37 heavy (non-hydrogen) atoms. The van der Waals surface area contributed by atoms with Crippen LogP contribution in [0, 0.1) is 13.8 Å². The zero-order valence-corrected chi connectivity index (χ0v) is 21.7. The highest BCUT2D eigenvalue weighted by Crippen LogP contribution is 2.32. The lowest BCUT2D eigenvalue weighted by Gasteiger charge is -2.34. The van der Waals surface area contributed by atoms with E-state index in [-0.39, 0.29) is 5.56 Å². The Balaban J connectivity index is 1.07. The maximum Gasteiger partial charge on any atom is 0.349 e. The van der Waals surface area contributed by atoms with Crippen LogP contribution >= 0.6 is 11.3 Å². The van der Waals surface area contributed by atoms with Crippen LogP contribution in [0.2, 0.25) is 0 Å². The second-order valence-corrected chi connectivity index (χ2v) is 10.6. The van der Waals surface area contributed by atoms with Gasteiger partial charge >= 0.3 is 5.63 Å². The Hall–Kier alpha value is -3.75. The lowest BCUT2D eigenvalue weighted by atomic mass is 10.0. The molecule has 0 bridgehead atoms. The molecule has 1 aliphatic heterocycles. The highest BCUT2D eigenvalue weighted by atomic mass is 32.1. The fraction of sp³-hybridized carbons (Fsp3) is 0.276. The summed E-state index contributed by atoms with van der Waals surface area (Å²) in [5.74, 6) is -0.401. The molecule has 3 aromatic carbocycles. The van der Waals surface area contributed by atoms with Crippen LogP contribution in [0.25, 0.3) is 32.0 Å². The number of rotatable bonds is 5. The first-order valence-corrected chi connectivity index (χ1v) is 13.4. The molecule has 7 nitrogen and oxygen atoms in total. The van der Waals surface area contributed by atoms with E-state index in [2.05, 4.69) is 41.1 Å². The third kappa shape index (κ3) is 4.58. The maximum atomic E-state index is 12.9. The van der Waals surface area contributed by atoms with E-state index in [4.69, 9.17) is 9.40 Å². The molecule has 1 saturated heterocycles. The summed E-state index contributed by atoms with van der Waals surface area (Å²) in [4.78, 5) is 34.9. The smallest absolute Gasteiger partial charge is 0.349 e. The van der Waals surface area contributed by atoms with Crippen LogP contribution < -0.4 is 15.8 Å². The summed E-state index contributed by atoms with van der Waals surface area (Å²) in [5, 5.41) is 6.73. The number of aromatic nitrogens is 1. The molecule has 1 fully saturated rings. The molecule has 1 aliphatic rings. The molecular weight excluding hydrogens is 484 g/mol. The van der Waals surface area contributed by atoms with Gasteiger partial charge in [-0.1, -0.05) is 47.7 Å². The zero-order chi connectivity index (χ0) is 25.5. The Kier molecular flexibility index (Phi) is 6.14. The Labute approximate surface area is 218 Å². The summed E-state index contributed by atoms with van der Waals surface area (Å²) in [5.41, 5.74) is 3.50. The van der Waals surface area contributed by atoms with Crippen molar-refractivity contribution in [3.05, 3.63) is 81.7 Å². The van der Waals surface area contributed by atoms with E-state index in [0.717, 1.165) is 59.5 Å². The Morgan fingerprint density at radius 3 is 2.68 bits per heavy atom. The number of aryl methyl sites for hydroxylation is 2. The number of hydrogen-bond donors (Lipinski definition) is 1. The van der Waals surface area contributed by atoms with Gasteiger partial charge in [0.1, 0.15) is 11.1 Å². The highest BCUT2D eigenvalue weighted by Gasteiger charge is 2.21. The van der Waals surface area contributed by atoms with Crippen LogP contribution in [0.5, 0.6) is 0 Å². The number of piperazine rings is 1. The van der Waals surface area contributed by atoms with Crippen molar-refractivity contribution in [2.24, 2.45) is 0 Å². The molecule has 0 atom stereocenters. The normalized spacial score (nSPS) is 14.6. The van der Waals surface area contributed by atoms with Gasteiger partial charge in [-0.2, -0.15) is 0 Å². The number of nitrogens with zero attached hydrogens (tertiary/aromatic N) is 3. The van der Waals surface area contributed by atoms with Crippen LogP contribution in [0.15, 0.2) is 63.8 Å². The quantitative estimate of drug-likeness (QED) is 0.271. The Morgan fingerprint density at radius 1 is 1.03 bits per heavy atom. The second kappa shape index (κ2) is 9.61. The van der Waals surface area contributed by atoms with Gasteiger partial charge in [0, 0.05) is 44.7 Å². The third-order valence-corrected chi connectivity index (χ3v) is 8.32. The van der Waals surface area contributed by atoms with E-state index >= 15 is 0 Å². The summed E-state index contributed by atoms with van der Waals surface area (Å²) in [6, 6.07) is 17.6. The van der Waals surface area contributed by atoms with Gasteiger partial charge in [-0.3, -0.25) is 9.69 Å². The fourth-order valence-corrected chi connectivity index (χ4v) is 6.18. The van der Waals surface area contributed by atoms with Gasteiger partial charge in [0.15, 0.2) is 5.13 Å². The number of benzene rings is 3. The van der Waals surface area contributed by atoms with Crippen LogP contribution in [-0.4, -0.2) is 55.1 Å². The van der Waals surface area contributed by atoms with Gasteiger partial charge in [0.05, 0.1) is 10.2 Å².